The Morgan fingerprint density at radius 1 is 1.47 bits per heavy atom. The monoisotopic (exact) mass is 248 g/mol. The number of aromatic nitrogens is 2. The van der Waals surface area contributed by atoms with Crippen molar-refractivity contribution in [1.82, 2.24) is 9.97 Å². The second-order valence-corrected chi connectivity index (χ2v) is 5.41. The molecule has 0 spiro atoms. The van der Waals surface area contributed by atoms with Crippen LogP contribution in [-0.4, -0.2) is 29.6 Å². The van der Waals surface area contributed by atoms with Crippen LogP contribution in [-0.2, 0) is 0 Å². The summed E-state index contributed by atoms with van der Waals surface area (Å²) in [6.07, 6.45) is 4.02. The first-order valence-electron chi connectivity index (χ1n) is 6.01. The van der Waals surface area contributed by atoms with E-state index in [4.69, 9.17) is 5.73 Å². The molecule has 0 radical (unpaired) electrons. The highest BCUT2D eigenvalue weighted by Gasteiger charge is 2.24. The summed E-state index contributed by atoms with van der Waals surface area (Å²) in [5, 5.41) is 3.27. The molecule has 0 bridgehead atoms. The van der Waals surface area contributed by atoms with E-state index in [1.807, 2.05) is 0 Å². The SMILES string of the molecule is NCCC1CCN(c2ncnc3sccc23)C1. The van der Waals surface area contributed by atoms with Crippen LogP contribution >= 0.6 is 11.3 Å². The Hall–Kier alpha value is -1.20. The fraction of sp³-hybridized carbons (Fsp3) is 0.500. The molecule has 0 saturated carbocycles. The smallest absolute Gasteiger partial charge is 0.140 e. The maximum atomic E-state index is 5.62. The lowest BCUT2D eigenvalue weighted by molar-refractivity contribution is 0.546. The molecule has 3 heterocycles. The van der Waals surface area contributed by atoms with Gasteiger partial charge in [-0.1, -0.05) is 0 Å². The Bertz CT molecular complexity index is 510. The van der Waals surface area contributed by atoms with Gasteiger partial charge < -0.3 is 10.6 Å². The van der Waals surface area contributed by atoms with Crippen LogP contribution in [0.1, 0.15) is 12.8 Å². The number of thiophene rings is 1. The highest BCUT2D eigenvalue weighted by atomic mass is 32.1. The molecular formula is C12H16N4S. The van der Waals surface area contributed by atoms with E-state index in [9.17, 15) is 0 Å². The van der Waals surface area contributed by atoms with Gasteiger partial charge in [-0.2, -0.15) is 0 Å². The molecule has 1 saturated heterocycles. The molecule has 1 unspecified atom stereocenters. The van der Waals surface area contributed by atoms with E-state index in [1.54, 1.807) is 17.7 Å². The molecule has 1 fully saturated rings. The standard InChI is InChI=1S/C12H16N4S/c13-4-1-9-2-5-16(7-9)11-10-3-6-17-12(10)15-8-14-11/h3,6,8-9H,1-2,4-5,7,13H2. The van der Waals surface area contributed by atoms with E-state index in [0.29, 0.717) is 0 Å². The first kappa shape index (κ1) is 10.9. The van der Waals surface area contributed by atoms with E-state index in [2.05, 4.69) is 26.3 Å². The Morgan fingerprint density at radius 2 is 2.41 bits per heavy atom. The van der Waals surface area contributed by atoms with Crippen LogP contribution in [0.3, 0.4) is 0 Å². The zero-order valence-corrected chi connectivity index (χ0v) is 10.5. The number of hydrogen-bond donors (Lipinski definition) is 1. The number of nitrogens with zero attached hydrogens (tertiary/aromatic N) is 3. The second-order valence-electron chi connectivity index (χ2n) is 4.51. The Kier molecular flexibility index (Phi) is 2.94. The number of hydrogen-bond acceptors (Lipinski definition) is 5. The lowest BCUT2D eigenvalue weighted by Crippen LogP contribution is -2.21. The van der Waals surface area contributed by atoms with Gasteiger partial charge in [0.25, 0.3) is 0 Å². The first-order valence-corrected chi connectivity index (χ1v) is 6.89. The molecule has 1 aliphatic heterocycles. The van der Waals surface area contributed by atoms with Crippen LogP contribution < -0.4 is 10.6 Å². The van der Waals surface area contributed by atoms with Crippen LogP contribution in [0, 0.1) is 5.92 Å². The van der Waals surface area contributed by atoms with Gasteiger partial charge >= 0.3 is 0 Å². The van der Waals surface area contributed by atoms with Crippen molar-refractivity contribution in [1.29, 1.82) is 0 Å². The summed E-state index contributed by atoms with van der Waals surface area (Å²) in [5.41, 5.74) is 5.62. The maximum Gasteiger partial charge on any atom is 0.140 e. The van der Waals surface area contributed by atoms with Gasteiger partial charge in [0.05, 0.1) is 5.39 Å². The molecular weight excluding hydrogens is 232 g/mol. The number of fused-ring (bicyclic) bond motifs is 1. The molecule has 1 aliphatic rings. The van der Waals surface area contributed by atoms with Gasteiger partial charge in [-0.3, -0.25) is 0 Å². The van der Waals surface area contributed by atoms with Crippen molar-refractivity contribution in [3.8, 4) is 0 Å². The lowest BCUT2D eigenvalue weighted by atomic mass is 10.1. The van der Waals surface area contributed by atoms with Crippen LogP contribution in [0.15, 0.2) is 17.8 Å². The van der Waals surface area contributed by atoms with Gasteiger partial charge in [0.2, 0.25) is 0 Å². The van der Waals surface area contributed by atoms with Crippen molar-refractivity contribution in [2.45, 2.75) is 12.8 Å². The van der Waals surface area contributed by atoms with Gasteiger partial charge in [0, 0.05) is 13.1 Å². The molecule has 2 aromatic heterocycles. The molecule has 0 amide bonds. The van der Waals surface area contributed by atoms with E-state index >= 15 is 0 Å². The average molecular weight is 248 g/mol. The third-order valence-electron chi connectivity index (χ3n) is 3.40. The van der Waals surface area contributed by atoms with Crippen molar-refractivity contribution in [3.63, 3.8) is 0 Å². The van der Waals surface area contributed by atoms with Crippen molar-refractivity contribution in [3.05, 3.63) is 17.8 Å². The number of anilines is 1. The van der Waals surface area contributed by atoms with Crippen LogP contribution in [0.2, 0.25) is 0 Å². The molecule has 2 N–H and O–H groups in total. The van der Waals surface area contributed by atoms with E-state index < -0.39 is 0 Å². The Balaban J connectivity index is 1.87. The molecule has 5 heteroatoms. The van der Waals surface area contributed by atoms with Gasteiger partial charge in [-0.05, 0) is 36.8 Å². The van der Waals surface area contributed by atoms with Crippen molar-refractivity contribution in [2.24, 2.45) is 11.7 Å². The van der Waals surface area contributed by atoms with Crippen molar-refractivity contribution >= 4 is 27.4 Å². The fourth-order valence-electron chi connectivity index (χ4n) is 2.53. The summed E-state index contributed by atoms with van der Waals surface area (Å²) in [6.45, 7) is 2.96. The molecule has 4 nitrogen and oxygen atoms in total. The average Bonchev–Trinajstić information content (AvgIpc) is 2.96. The molecule has 2 aromatic rings. The summed E-state index contributed by atoms with van der Waals surface area (Å²) >= 11 is 1.67. The van der Waals surface area contributed by atoms with Gasteiger partial charge in [0.15, 0.2) is 0 Å². The topological polar surface area (TPSA) is 55.0 Å². The summed E-state index contributed by atoms with van der Waals surface area (Å²) < 4.78 is 0. The number of rotatable bonds is 3. The van der Waals surface area contributed by atoms with Crippen LogP contribution in [0.25, 0.3) is 10.2 Å². The van der Waals surface area contributed by atoms with Gasteiger partial charge in [0.1, 0.15) is 17.0 Å². The number of nitrogens with two attached hydrogens (primary N) is 1. The fourth-order valence-corrected chi connectivity index (χ4v) is 3.25. The summed E-state index contributed by atoms with van der Waals surface area (Å²) in [4.78, 5) is 12.2. The third-order valence-corrected chi connectivity index (χ3v) is 4.22. The molecule has 3 rings (SSSR count). The summed E-state index contributed by atoms with van der Waals surface area (Å²) in [5.74, 6) is 1.82. The van der Waals surface area contributed by atoms with Crippen LogP contribution in [0.5, 0.6) is 0 Å². The molecule has 90 valence electrons. The third kappa shape index (κ3) is 2.00. The Morgan fingerprint density at radius 3 is 3.29 bits per heavy atom. The van der Waals surface area contributed by atoms with Crippen molar-refractivity contribution < 1.29 is 0 Å². The molecule has 1 atom stereocenters. The van der Waals surface area contributed by atoms with Crippen LogP contribution in [0.4, 0.5) is 5.82 Å². The maximum absolute atomic E-state index is 5.62. The van der Waals surface area contributed by atoms with E-state index in [-0.39, 0.29) is 0 Å². The second kappa shape index (κ2) is 4.58. The predicted molar refractivity (Wildman–Crippen MR) is 71.4 cm³/mol. The summed E-state index contributed by atoms with van der Waals surface area (Å²) in [7, 11) is 0. The first-order chi connectivity index (χ1) is 8.38. The largest absolute Gasteiger partial charge is 0.356 e. The summed E-state index contributed by atoms with van der Waals surface area (Å²) in [6, 6.07) is 2.12. The molecule has 0 aromatic carbocycles. The molecule has 17 heavy (non-hydrogen) atoms. The van der Waals surface area contributed by atoms with E-state index in [0.717, 1.165) is 42.6 Å². The minimum atomic E-state index is 0.726. The van der Waals surface area contributed by atoms with Crippen molar-refractivity contribution in [2.75, 3.05) is 24.5 Å². The minimum Gasteiger partial charge on any atom is -0.356 e. The highest BCUT2D eigenvalue weighted by Crippen LogP contribution is 2.30. The van der Waals surface area contributed by atoms with E-state index in [1.165, 1.54) is 11.8 Å². The Labute approximate surface area is 104 Å². The van der Waals surface area contributed by atoms with Gasteiger partial charge in [-0.15, -0.1) is 11.3 Å². The predicted octanol–water partition coefficient (Wildman–Crippen LogP) is 1.87. The lowest BCUT2D eigenvalue weighted by Gasteiger charge is -2.17. The van der Waals surface area contributed by atoms with Gasteiger partial charge in [-0.25, -0.2) is 9.97 Å². The quantitative estimate of drug-likeness (QED) is 0.901. The zero-order valence-electron chi connectivity index (χ0n) is 9.67. The normalized spacial score (nSPS) is 20.3. The highest BCUT2D eigenvalue weighted by molar-refractivity contribution is 7.16. The molecule has 0 aliphatic carbocycles. The zero-order chi connectivity index (χ0) is 11.7. The minimum absolute atomic E-state index is 0.726.